The van der Waals surface area contributed by atoms with Crippen molar-refractivity contribution in [2.75, 3.05) is 18.8 Å². The minimum absolute atomic E-state index is 0.154. The molecule has 2 heterocycles. The van der Waals surface area contributed by atoms with Crippen LogP contribution >= 0.6 is 23.1 Å². The van der Waals surface area contributed by atoms with E-state index in [1.54, 1.807) is 11.3 Å². The lowest BCUT2D eigenvalue weighted by Gasteiger charge is -2.32. The standard InChI is InChI=1S/C18H22N2OS2/c1-2-22-13-14-5-7-15(8-6-14)18(21)20-10-3-4-16(12-20)17-19-9-11-23-17/h5-9,11,16H,2-4,10,12-13H2,1H3/t16-/m1/s1. The van der Waals surface area contributed by atoms with Gasteiger partial charge in [-0.1, -0.05) is 19.1 Å². The van der Waals surface area contributed by atoms with Gasteiger partial charge in [0.25, 0.3) is 5.91 Å². The molecule has 0 bridgehead atoms. The zero-order valence-corrected chi connectivity index (χ0v) is 15.0. The van der Waals surface area contributed by atoms with Gasteiger partial charge in [0.1, 0.15) is 0 Å². The Labute approximate surface area is 146 Å². The van der Waals surface area contributed by atoms with E-state index in [4.69, 9.17) is 0 Å². The van der Waals surface area contributed by atoms with E-state index in [9.17, 15) is 4.79 Å². The van der Waals surface area contributed by atoms with E-state index in [1.807, 2.05) is 40.4 Å². The molecule has 1 saturated heterocycles. The Morgan fingerprint density at radius 3 is 2.91 bits per heavy atom. The number of nitrogens with zero attached hydrogens (tertiary/aromatic N) is 2. The van der Waals surface area contributed by atoms with Crippen LogP contribution in [0.1, 0.15) is 46.6 Å². The zero-order chi connectivity index (χ0) is 16.1. The molecule has 0 aliphatic carbocycles. The highest BCUT2D eigenvalue weighted by Gasteiger charge is 2.26. The third kappa shape index (κ3) is 4.15. The van der Waals surface area contributed by atoms with Crippen molar-refractivity contribution >= 4 is 29.0 Å². The average Bonchev–Trinajstić information content (AvgIpc) is 3.14. The Morgan fingerprint density at radius 2 is 2.22 bits per heavy atom. The van der Waals surface area contributed by atoms with Crippen molar-refractivity contribution in [3.05, 3.63) is 52.0 Å². The lowest BCUT2D eigenvalue weighted by Crippen LogP contribution is -2.39. The molecule has 1 amide bonds. The largest absolute Gasteiger partial charge is 0.338 e. The number of carbonyl (C=O) groups excluding carboxylic acids is 1. The zero-order valence-electron chi connectivity index (χ0n) is 13.4. The molecular formula is C18H22N2OS2. The highest BCUT2D eigenvalue weighted by molar-refractivity contribution is 7.98. The Balaban J connectivity index is 1.65. The first-order chi connectivity index (χ1) is 11.3. The van der Waals surface area contributed by atoms with Gasteiger partial charge in [-0.25, -0.2) is 4.98 Å². The molecule has 3 nitrogen and oxygen atoms in total. The molecule has 1 fully saturated rings. The summed E-state index contributed by atoms with van der Waals surface area (Å²) in [5.41, 5.74) is 2.09. The van der Waals surface area contributed by atoms with Crippen LogP contribution in [0.2, 0.25) is 0 Å². The Kier molecular flexibility index (Phi) is 5.73. The number of amides is 1. The van der Waals surface area contributed by atoms with Gasteiger partial charge in [-0.05, 0) is 36.3 Å². The number of piperidine rings is 1. The number of aromatic nitrogens is 1. The fraction of sp³-hybridized carbons (Fsp3) is 0.444. The predicted octanol–water partition coefficient (Wildman–Crippen LogP) is 4.42. The van der Waals surface area contributed by atoms with Gasteiger partial charge in [0.2, 0.25) is 0 Å². The summed E-state index contributed by atoms with van der Waals surface area (Å²) < 4.78 is 0. The monoisotopic (exact) mass is 346 g/mol. The molecule has 1 aliphatic rings. The minimum atomic E-state index is 0.154. The maximum absolute atomic E-state index is 12.7. The number of likely N-dealkylation sites (tertiary alicyclic amines) is 1. The Hall–Kier alpha value is -1.33. The summed E-state index contributed by atoms with van der Waals surface area (Å²) in [6.07, 6.45) is 4.04. The van der Waals surface area contributed by atoms with Crippen LogP contribution in [-0.2, 0) is 5.75 Å². The van der Waals surface area contributed by atoms with E-state index in [-0.39, 0.29) is 5.91 Å². The Bertz CT molecular complexity index is 625. The lowest BCUT2D eigenvalue weighted by atomic mass is 9.98. The third-order valence-electron chi connectivity index (χ3n) is 4.18. The summed E-state index contributed by atoms with van der Waals surface area (Å²) in [5.74, 6) is 2.68. The number of carbonyl (C=O) groups is 1. The summed E-state index contributed by atoms with van der Waals surface area (Å²) in [6, 6.07) is 8.11. The second kappa shape index (κ2) is 7.97. The fourth-order valence-electron chi connectivity index (χ4n) is 2.95. The van der Waals surface area contributed by atoms with Crippen molar-refractivity contribution in [2.24, 2.45) is 0 Å². The fourth-order valence-corrected chi connectivity index (χ4v) is 4.35. The van der Waals surface area contributed by atoms with Crippen LogP contribution in [0.5, 0.6) is 0 Å². The molecule has 122 valence electrons. The number of hydrogen-bond acceptors (Lipinski definition) is 4. The van der Waals surface area contributed by atoms with Gasteiger partial charge >= 0.3 is 0 Å². The maximum atomic E-state index is 12.7. The molecule has 1 aliphatic heterocycles. The molecule has 2 aromatic rings. The van der Waals surface area contributed by atoms with Gasteiger partial charge in [0.05, 0.1) is 5.01 Å². The van der Waals surface area contributed by atoms with Crippen LogP contribution in [0, 0.1) is 0 Å². The van der Waals surface area contributed by atoms with Gasteiger partial charge in [0, 0.05) is 41.9 Å². The van der Waals surface area contributed by atoms with E-state index in [2.05, 4.69) is 24.0 Å². The summed E-state index contributed by atoms with van der Waals surface area (Å²) in [6.45, 7) is 3.81. The highest BCUT2D eigenvalue weighted by atomic mass is 32.2. The van der Waals surface area contributed by atoms with Crippen LogP contribution in [0.3, 0.4) is 0 Å². The predicted molar refractivity (Wildman–Crippen MR) is 98.3 cm³/mol. The van der Waals surface area contributed by atoms with Crippen LogP contribution in [0.25, 0.3) is 0 Å². The summed E-state index contributed by atoms with van der Waals surface area (Å²) in [5, 5.41) is 3.18. The first-order valence-corrected chi connectivity index (χ1v) is 10.2. The Morgan fingerprint density at radius 1 is 1.39 bits per heavy atom. The molecule has 3 rings (SSSR count). The van der Waals surface area contributed by atoms with Gasteiger partial charge in [0.15, 0.2) is 0 Å². The summed E-state index contributed by atoms with van der Waals surface area (Å²) >= 11 is 3.60. The smallest absolute Gasteiger partial charge is 0.253 e. The van der Waals surface area contributed by atoms with Crippen LogP contribution in [-0.4, -0.2) is 34.6 Å². The van der Waals surface area contributed by atoms with Crippen molar-refractivity contribution < 1.29 is 4.79 Å². The van der Waals surface area contributed by atoms with Crippen LogP contribution in [0.4, 0.5) is 0 Å². The highest BCUT2D eigenvalue weighted by Crippen LogP contribution is 2.29. The van der Waals surface area contributed by atoms with E-state index >= 15 is 0 Å². The van der Waals surface area contributed by atoms with E-state index in [1.165, 1.54) is 5.56 Å². The number of rotatable bonds is 5. The number of thiazole rings is 1. The van der Waals surface area contributed by atoms with Gasteiger partial charge in [-0.15, -0.1) is 11.3 Å². The normalized spacial score (nSPS) is 18.1. The van der Waals surface area contributed by atoms with E-state index in [0.717, 1.165) is 48.0 Å². The van der Waals surface area contributed by atoms with Crippen LogP contribution in [0.15, 0.2) is 35.8 Å². The lowest BCUT2D eigenvalue weighted by molar-refractivity contribution is 0.0707. The van der Waals surface area contributed by atoms with E-state index < -0.39 is 0 Å². The van der Waals surface area contributed by atoms with Crippen LogP contribution < -0.4 is 0 Å². The van der Waals surface area contributed by atoms with Crippen molar-refractivity contribution in [1.29, 1.82) is 0 Å². The topological polar surface area (TPSA) is 33.2 Å². The maximum Gasteiger partial charge on any atom is 0.253 e. The molecule has 1 aromatic carbocycles. The van der Waals surface area contributed by atoms with Gasteiger partial charge in [-0.3, -0.25) is 4.79 Å². The number of thioether (sulfide) groups is 1. The minimum Gasteiger partial charge on any atom is -0.338 e. The SMILES string of the molecule is CCSCc1ccc(C(=O)N2CCC[C@@H](c3nccs3)C2)cc1. The van der Waals surface area contributed by atoms with Crippen molar-refractivity contribution in [2.45, 2.75) is 31.4 Å². The third-order valence-corrected chi connectivity index (χ3v) is 6.07. The second-order valence-electron chi connectivity index (χ2n) is 5.79. The van der Waals surface area contributed by atoms with Crippen molar-refractivity contribution in [1.82, 2.24) is 9.88 Å². The molecule has 1 atom stereocenters. The summed E-state index contributed by atoms with van der Waals surface area (Å²) in [7, 11) is 0. The quantitative estimate of drug-likeness (QED) is 0.804. The molecular weight excluding hydrogens is 324 g/mol. The molecule has 0 spiro atoms. The van der Waals surface area contributed by atoms with Crippen molar-refractivity contribution in [3.63, 3.8) is 0 Å². The number of benzene rings is 1. The average molecular weight is 347 g/mol. The second-order valence-corrected chi connectivity index (χ2v) is 8.00. The van der Waals surface area contributed by atoms with Gasteiger partial charge < -0.3 is 4.90 Å². The molecule has 1 aromatic heterocycles. The molecule has 0 unspecified atom stereocenters. The first kappa shape index (κ1) is 16.5. The molecule has 0 saturated carbocycles. The number of hydrogen-bond donors (Lipinski definition) is 0. The van der Waals surface area contributed by atoms with Crippen molar-refractivity contribution in [3.8, 4) is 0 Å². The summed E-state index contributed by atoms with van der Waals surface area (Å²) in [4.78, 5) is 19.2. The molecule has 23 heavy (non-hydrogen) atoms. The van der Waals surface area contributed by atoms with E-state index in [0.29, 0.717) is 5.92 Å². The molecule has 0 N–H and O–H groups in total. The first-order valence-electron chi connectivity index (χ1n) is 8.13. The van der Waals surface area contributed by atoms with Gasteiger partial charge in [-0.2, -0.15) is 11.8 Å². The molecule has 5 heteroatoms. The molecule has 0 radical (unpaired) electrons.